The van der Waals surface area contributed by atoms with Gasteiger partial charge in [-0.2, -0.15) is 0 Å². The van der Waals surface area contributed by atoms with Gasteiger partial charge in [0.1, 0.15) is 0 Å². The Hall–Kier alpha value is -5.79. The molecule has 1 heteroatoms. The van der Waals surface area contributed by atoms with Crippen LogP contribution < -0.4 is 0 Å². The van der Waals surface area contributed by atoms with Crippen molar-refractivity contribution in [3.63, 3.8) is 0 Å². The summed E-state index contributed by atoms with van der Waals surface area (Å²) >= 11 is 0. The summed E-state index contributed by atoms with van der Waals surface area (Å²) in [4.78, 5) is 5.29. The van der Waals surface area contributed by atoms with Crippen LogP contribution in [0.1, 0.15) is 0 Å². The lowest BCUT2D eigenvalue weighted by atomic mass is 9.85. The topological polar surface area (TPSA) is 12.9 Å². The fourth-order valence-corrected chi connectivity index (χ4v) is 7.13. The van der Waals surface area contributed by atoms with Gasteiger partial charge >= 0.3 is 0 Å². The molecule has 0 aliphatic rings. The van der Waals surface area contributed by atoms with Crippen LogP contribution in [0.4, 0.5) is 0 Å². The predicted molar refractivity (Wildman–Crippen MR) is 188 cm³/mol. The van der Waals surface area contributed by atoms with E-state index in [4.69, 9.17) is 4.98 Å². The Labute approximate surface area is 255 Å². The summed E-state index contributed by atoms with van der Waals surface area (Å²) in [6, 6.07) is 57.0. The van der Waals surface area contributed by atoms with Crippen LogP contribution in [-0.4, -0.2) is 4.98 Å². The number of fused-ring (bicyclic) bond motifs is 6. The number of hydrogen-bond acceptors (Lipinski definition) is 1. The van der Waals surface area contributed by atoms with E-state index in [1.165, 1.54) is 70.7 Å². The number of pyridine rings is 1. The van der Waals surface area contributed by atoms with Gasteiger partial charge in [0.05, 0.1) is 5.52 Å². The molecule has 0 radical (unpaired) electrons. The lowest BCUT2D eigenvalue weighted by Crippen LogP contribution is -1.93. The maximum atomic E-state index is 5.29. The van der Waals surface area contributed by atoms with Gasteiger partial charge in [0.2, 0.25) is 0 Å². The highest BCUT2D eigenvalue weighted by atomic mass is 14.7. The molecule has 8 aromatic carbocycles. The van der Waals surface area contributed by atoms with Crippen LogP contribution >= 0.6 is 0 Å². The van der Waals surface area contributed by atoms with Gasteiger partial charge in [0.25, 0.3) is 0 Å². The minimum absolute atomic E-state index is 1.03. The van der Waals surface area contributed by atoms with Crippen molar-refractivity contribution >= 4 is 54.0 Å². The minimum atomic E-state index is 1.03. The van der Waals surface area contributed by atoms with Gasteiger partial charge < -0.3 is 0 Å². The van der Waals surface area contributed by atoms with Gasteiger partial charge in [-0.05, 0) is 77.5 Å². The van der Waals surface area contributed by atoms with Gasteiger partial charge in [0, 0.05) is 22.7 Å². The van der Waals surface area contributed by atoms with E-state index in [2.05, 4.69) is 164 Å². The zero-order chi connectivity index (χ0) is 29.0. The SMILES string of the molecule is c1ccc(-c2c3ccccc3c(-c3cnc4c(-c5cccc6ccccc56)cc5ccccc5c4c3)c3ccccc23)cc1. The molecule has 0 saturated carbocycles. The highest BCUT2D eigenvalue weighted by molar-refractivity contribution is 6.22. The third kappa shape index (κ3) is 3.76. The van der Waals surface area contributed by atoms with E-state index in [1.807, 2.05) is 0 Å². The molecule has 0 aliphatic carbocycles. The highest BCUT2D eigenvalue weighted by Crippen LogP contribution is 2.45. The fraction of sp³-hybridized carbons (Fsp3) is 0. The molecular formula is C43H27N. The quantitative estimate of drug-likeness (QED) is 0.155. The number of benzene rings is 8. The number of rotatable bonds is 3. The molecule has 0 saturated heterocycles. The molecule has 0 amide bonds. The summed E-state index contributed by atoms with van der Waals surface area (Å²) in [5, 5.41) is 11.1. The second-order valence-corrected chi connectivity index (χ2v) is 11.5. The van der Waals surface area contributed by atoms with Gasteiger partial charge in [-0.3, -0.25) is 4.98 Å². The lowest BCUT2D eigenvalue weighted by Gasteiger charge is -2.18. The van der Waals surface area contributed by atoms with Crippen molar-refractivity contribution in [1.29, 1.82) is 0 Å². The van der Waals surface area contributed by atoms with E-state index in [9.17, 15) is 0 Å². The first-order valence-corrected chi connectivity index (χ1v) is 15.1. The molecule has 9 aromatic rings. The maximum absolute atomic E-state index is 5.29. The zero-order valence-corrected chi connectivity index (χ0v) is 24.0. The largest absolute Gasteiger partial charge is 0.255 e. The Morgan fingerprint density at radius 2 is 0.841 bits per heavy atom. The average Bonchev–Trinajstić information content (AvgIpc) is 3.10. The van der Waals surface area contributed by atoms with Gasteiger partial charge in [-0.25, -0.2) is 0 Å². The van der Waals surface area contributed by atoms with Crippen molar-refractivity contribution in [1.82, 2.24) is 4.98 Å². The average molecular weight is 558 g/mol. The Bertz CT molecular complexity index is 2480. The normalized spacial score (nSPS) is 11.6. The molecule has 1 heterocycles. The molecule has 0 fully saturated rings. The van der Waals surface area contributed by atoms with E-state index >= 15 is 0 Å². The highest BCUT2D eigenvalue weighted by Gasteiger charge is 2.18. The third-order valence-electron chi connectivity index (χ3n) is 9.06. The van der Waals surface area contributed by atoms with Crippen molar-refractivity contribution in [2.75, 3.05) is 0 Å². The first-order chi connectivity index (χ1) is 21.8. The van der Waals surface area contributed by atoms with Crippen LogP contribution in [0.25, 0.3) is 87.4 Å². The monoisotopic (exact) mass is 557 g/mol. The Kier molecular flexibility index (Phi) is 5.57. The van der Waals surface area contributed by atoms with Crippen molar-refractivity contribution in [3.8, 4) is 33.4 Å². The van der Waals surface area contributed by atoms with E-state index in [-0.39, 0.29) is 0 Å². The molecule has 0 aliphatic heterocycles. The molecule has 1 aromatic heterocycles. The molecule has 204 valence electrons. The molecule has 0 N–H and O–H groups in total. The summed E-state index contributed by atoms with van der Waals surface area (Å²) in [5.74, 6) is 0. The molecule has 44 heavy (non-hydrogen) atoms. The lowest BCUT2D eigenvalue weighted by molar-refractivity contribution is 1.42. The molecule has 0 spiro atoms. The summed E-state index contributed by atoms with van der Waals surface area (Å²) in [6.07, 6.45) is 2.09. The van der Waals surface area contributed by atoms with Crippen LogP contribution in [0.2, 0.25) is 0 Å². The van der Waals surface area contributed by atoms with E-state index < -0.39 is 0 Å². The standard InChI is InChI=1S/C43H27N/c1-2-14-29(15-3-1)41-35-20-8-10-22-37(35)42(38-23-11-9-21-36(38)41)31-26-39-33-19-7-5-16-30(33)25-40(43(39)44-27-31)34-24-12-17-28-13-4-6-18-32(28)34/h1-27H. The Morgan fingerprint density at radius 1 is 0.318 bits per heavy atom. The van der Waals surface area contributed by atoms with Crippen LogP contribution in [-0.2, 0) is 0 Å². The first-order valence-electron chi connectivity index (χ1n) is 15.1. The van der Waals surface area contributed by atoms with Crippen molar-refractivity contribution in [3.05, 3.63) is 164 Å². The minimum Gasteiger partial charge on any atom is -0.255 e. The molecular weight excluding hydrogens is 530 g/mol. The van der Waals surface area contributed by atoms with Gasteiger partial charge in [-0.15, -0.1) is 0 Å². The molecule has 0 bridgehead atoms. The van der Waals surface area contributed by atoms with Crippen molar-refractivity contribution in [2.45, 2.75) is 0 Å². The van der Waals surface area contributed by atoms with Crippen LogP contribution in [0.3, 0.4) is 0 Å². The molecule has 0 atom stereocenters. The van der Waals surface area contributed by atoms with E-state index in [0.717, 1.165) is 16.6 Å². The fourth-order valence-electron chi connectivity index (χ4n) is 7.13. The number of nitrogens with zero attached hydrogens (tertiary/aromatic N) is 1. The summed E-state index contributed by atoms with van der Waals surface area (Å²) in [6.45, 7) is 0. The number of hydrogen-bond donors (Lipinski definition) is 0. The Morgan fingerprint density at radius 3 is 1.52 bits per heavy atom. The van der Waals surface area contributed by atoms with Gasteiger partial charge in [-0.1, -0.05) is 146 Å². The maximum Gasteiger partial charge on any atom is 0.0787 e. The zero-order valence-electron chi connectivity index (χ0n) is 24.0. The summed E-state index contributed by atoms with van der Waals surface area (Å²) in [7, 11) is 0. The number of aromatic nitrogens is 1. The third-order valence-corrected chi connectivity index (χ3v) is 9.06. The molecule has 9 rings (SSSR count). The van der Waals surface area contributed by atoms with Gasteiger partial charge in [0.15, 0.2) is 0 Å². The molecule has 1 nitrogen and oxygen atoms in total. The van der Waals surface area contributed by atoms with E-state index in [1.54, 1.807) is 0 Å². The first kappa shape index (κ1) is 24.8. The summed E-state index contributed by atoms with van der Waals surface area (Å²) in [5.41, 5.74) is 8.26. The second-order valence-electron chi connectivity index (χ2n) is 11.5. The van der Waals surface area contributed by atoms with Crippen LogP contribution in [0.5, 0.6) is 0 Å². The smallest absolute Gasteiger partial charge is 0.0787 e. The van der Waals surface area contributed by atoms with Crippen molar-refractivity contribution in [2.24, 2.45) is 0 Å². The van der Waals surface area contributed by atoms with E-state index in [0.29, 0.717) is 0 Å². The molecule has 0 unspecified atom stereocenters. The Balaban J connectivity index is 1.39. The summed E-state index contributed by atoms with van der Waals surface area (Å²) < 4.78 is 0. The second kappa shape index (κ2) is 9.90. The van der Waals surface area contributed by atoms with Crippen molar-refractivity contribution < 1.29 is 0 Å². The van der Waals surface area contributed by atoms with Crippen LogP contribution in [0.15, 0.2) is 164 Å². The predicted octanol–water partition coefficient (Wildman–Crippen LogP) is 11.8. The van der Waals surface area contributed by atoms with Crippen LogP contribution in [0, 0.1) is 0 Å².